The summed E-state index contributed by atoms with van der Waals surface area (Å²) in [6.45, 7) is 9.43. The largest absolute Gasteiger partial charge is 0.360 e. The molecule has 0 aliphatic carbocycles. The average molecular weight is 342 g/mol. The minimum absolute atomic E-state index is 0.0776. The number of thioether (sulfide) groups is 1. The average Bonchev–Trinajstić information content (AvgIpc) is 3.12. The van der Waals surface area contributed by atoms with Crippen LogP contribution >= 0.6 is 23.1 Å². The lowest BCUT2D eigenvalue weighted by molar-refractivity contribution is 0.374. The molecule has 1 N–H and O–H groups in total. The first-order chi connectivity index (χ1) is 10.6. The monoisotopic (exact) mass is 341 g/mol. The molecule has 2 rings (SSSR count). The van der Waals surface area contributed by atoms with E-state index < -0.39 is 0 Å². The van der Waals surface area contributed by atoms with Crippen molar-refractivity contribution in [2.75, 3.05) is 11.9 Å². The van der Waals surface area contributed by atoms with Crippen LogP contribution in [0.1, 0.15) is 57.5 Å². The van der Waals surface area contributed by atoms with Gasteiger partial charge in [-0.05, 0) is 19.3 Å². The molecule has 0 radical (unpaired) electrons. The predicted octanol–water partition coefficient (Wildman–Crippen LogP) is 4.18. The van der Waals surface area contributed by atoms with E-state index in [9.17, 15) is 0 Å². The molecule has 6 nitrogen and oxygen atoms in total. The van der Waals surface area contributed by atoms with E-state index in [4.69, 9.17) is 4.52 Å². The second-order valence-corrected chi connectivity index (χ2v) is 8.13. The van der Waals surface area contributed by atoms with Crippen LogP contribution in [0, 0.1) is 5.92 Å². The molecule has 0 aliphatic heterocycles. The van der Waals surface area contributed by atoms with E-state index in [2.05, 4.69) is 46.4 Å². The molecule has 0 spiro atoms. The van der Waals surface area contributed by atoms with Gasteiger partial charge in [-0.15, -0.1) is 10.2 Å². The molecular formula is C14H23N5OS2. The van der Waals surface area contributed by atoms with Crippen molar-refractivity contribution < 1.29 is 4.52 Å². The predicted molar refractivity (Wildman–Crippen MR) is 90.4 cm³/mol. The summed E-state index contributed by atoms with van der Waals surface area (Å²) < 4.78 is 6.25. The van der Waals surface area contributed by atoms with Gasteiger partial charge in [0.05, 0.1) is 5.25 Å². The van der Waals surface area contributed by atoms with Gasteiger partial charge in [0, 0.05) is 13.0 Å². The molecule has 22 heavy (non-hydrogen) atoms. The van der Waals surface area contributed by atoms with Crippen LogP contribution < -0.4 is 5.32 Å². The van der Waals surface area contributed by atoms with Gasteiger partial charge in [0.15, 0.2) is 10.2 Å². The molecule has 2 aromatic rings. The number of nitrogens with zero attached hydrogens (tertiary/aromatic N) is 4. The van der Waals surface area contributed by atoms with Crippen molar-refractivity contribution in [1.29, 1.82) is 0 Å². The SMILES string of the molecule is CCCCc1noc(C(C)Sc2nnc(NCC(C)C)s2)n1. The highest BCUT2D eigenvalue weighted by Gasteiger charge is 2.18. The smallest absolute Gasteiger partial charge is 0.239 e. The molecule has 2 heterocycles. The highest BCUT2D eigenvalue weighted by atomic mass is 32.2. The first kappa shape index (κ1) is 17.2. The Hall–Kier alpha value is -1.15. The summed E-state index contributed by atoms with van der Waals surface area (Å²) in [5, 5.41) is 16.6. The van der Waals surface area contributed by atoms with Crippen LogP contribution in [0.2, 0.25) is 0 Å². The van der Waals surface area contributed by atoms with Crippen LogP contribution in [0.3, 0.4) is 0 Å². The van der Waals surface area contributed by atoms with Crippen molar-refractivity contribution >= 4 is 28.2 Å². The fourth-order valence-corrected chi connectivity index (χ4v) is 3.62. The highest BCUT2D eigenvalue weighted by Crippen LogP contribution is 2.36. The van der Waals surface area contributed by atoms with Gasteiger partial charge in [-0.3, -0.25) is 0 Å². The minimum Gasteiger partial charge on any atom is -0.360 e. The number of aromatic nitrogens is 4. The number of anilines is 1. The van der Waals surface area contributed by atoms with E-state index in [1.807, 2.05) is 6.92 Å². The summed E-state index contributed by atoms with van der Waals surface area (Å²) in [7, 11) is 0. The van der Waals surface area contributed by atoms with Crippen molar-refractivity contribution in [3.05, 3.63) is 11.7 Å². The van der Waals surface area contributed by atoms with Crippen molar-refractivity contribution in [2.24, 2.45) is 5.92 Å². The maximum atomic E-state index is 5.34. The Labute approximate surface area is 139 Å². The van der Waals surface area contributed by atoms with Crippen LogP contribution in [0.5, 0.6) is 0 Å². The van der Waals surface area contributed by atoms with E-state index >= 15 is 0 Å². The molecule has 0 aromatic carbocycles. The molecule has 0 saturated carbocycles. The van der Waals surface area contributed by atoms with Gasteiger partial charge < -0.3 is 9.84 Å². The molecule has 1 unspecified atom stereocenters. The Balaban J connectivity index is 1.88. The fraction of sp³-hybridized carbons (Fsp3) is 0.714. The van der Waals surface area contributed by atoms with Gasteiger partial charge in [-0.1, -0.05) is 55.4 Å². The number of nitrogens with one attached hydrogen (secondary N) is 1. The van der Waals surface area contributed by atoms with Crippen molar-refractivity contribution in [3.8, 4) is 0 Å². The maximum absolute atomic E-state index is 5.34. The lowest BCUT2D eigenvalue weighted by Crippen LogP contribution is -2.07. The lowest BCUT2D eigenvalue weighted by atomic mass is 10.2. The molecule has 2 aromatic heterocycles. The quantitative estimate of drug-likeness (QED) is 0.685. The molecule has 0 fully saturated rings. The van der Waals surface area contributed by atoms with Crippen LogP contribution in [-0.2, 0) is 6.42 Å². The number of unbranched alkanes of at least 4 members (excludes halogenated alkanes) is 1. The third-order valence-electron chi connectivity index (χ3n) is 2.93. The molecule has 0 bridgehead atoms. The van der Waals surface area contributed by atoms with Crippen molar-refractivity contribution in [3.63, 3.8) is 0 Å². The normalized spacial score (nSPS) is 12.8. The molecule has 0 saturated heterocycles. The first-order valence-corrected chi connectivity index (χ1v) is 9.34. The number of hydrogen-bond donors (Lipinski definition) is 1. The van der Waals surface area contributed by atoms with Gasteiger partial charge in [0.1, 0.15) is 0 Å². The molecular weight excluding hydrogens is 318 g/mol. The Bertz CT molecular complexity index is 569. The van der Waals surface area contributed by atoms with Gasteiger partial charge in [-0.2, -0.15) is 4.98 Å². The molecule has 1 atom stereocenters. The van der Waals surface area contributed by atoms with Crippen LogP contribution in [-0.4, -0.2) is 26.9 Å². The minimum atomic E-state index is 0.0776. The molecule has 0 aliphatic rings. The molecule has 8 heteroatoms. The Kier molecular flexibility index (Phi) is 6.63. The summed E-state index contributed by atoms with van der Waals surface area (Å²) in [6.07, 6.45) is 3.09. The second-order valence-electron chi connectivity index (χ2n) is 5.56. The van der Waals surface area contributed by atoms with Crippen LogP contribution in [0.25, 0.3) is 0 Å². The summed E-state index contributed by atoms with van der Waals surface area (Å²) in [5.41, 5.74) is 0. The number of hydrogen-bond acceptors (Lipinski definition) is 8. The summed E-state index contributed by atoms with van der Waals surface area (Å²) >= 11 is 3.16. The van der Waals surface area contributed by atoms with E-state index in [0.29, 0.717) is 11.8 Å². The van der Waals surface area contributed by atoms with E-state index in [-0.39, 0.29) is 5.25 Å². The summed E-state index contributed by atoms with van der Waals surface area (Å²) in [6, 6.07) is 0. The van der Waals surface area contributed by atoms with Gasteiger partial charge in [0.2, 0.25) is 11.0 Å². The van der Waals surface area contributed by atoms with Crippen molar-refractivity contribution in [2.45, 2.75) is 56.5 Å². The van der Waals surface area contributed by atoms with Gasteiger partial charge >= 0.3 is 0 Å². The van der Waals surface area contributed by atoms with Crippen LogP contribution in [0.15, 0.2) is 8.86 Å². The zero-order valence-corrected chi connectivity index (χ0v) is 15.1. The number of aryl methyl sites for hydroxylation is 1. The lowest BCUT2D eigenvalue weighted by Gasteiger charge is -2.03. The Morgan fingerprint density at radius 3 is 2.82 bits per heavy atom. The third kappa shape index (κ3) is 5.24. The third-order valence-corrected chi connectivity index (χ3v) is 4.98. The molecule has 0 amide bonds. The zero-order valence-electron chi connectivity index (χ0n) is 13.5. The van der Waals surface area contributed by atoms with Crippen LogP contribution in [0.4, 0.5) is 5.13 Å². The van der Waals surface area contributed by atoms with Crippen molar-refractivity contribution in [1.82, 2.24) is 20.3 Å². The number of rotatable bonds is 9. The van der Waals surface area contributed by atoms with E-state index in [1.54, 1.807) is 23.1 Å². The Morgan fingerprint density at radius 2 is 2.09 bits per heavy atom. The highest BCUT2D eigenvalue weighted by molar-refractivity contribution is 8.01. The maximum Gasteiger partial charge on any atom is 0.239 e. The fourth-order valence-electron chi connectivity index (χ4n) is 1.69. The zero-order chi connectivity index (χ0) is 15.9. The Morgan fingerprint density at radius 1 is 1.27 bits per heavy atom. The summed E-state index contributed by atoms with van der Waals surface area (Å²) in [5.74, 6) is 2.03. The van der Waals surface area contributed by atoms with Gasteiger partial charge in [0.25, 0.3) is 0 Å². The second kappa shape index (κ2) is 8.47. The van der Waals surface area contributed by atoms with E-state index in [1.165, 1.54) is 0 Å². The first-order valence-electron chi connectivity index (χ1n) is 7.65. The van der Waals surface area contributed by atoms with E-state index in [0.717, 1.165) is 41.1 Å². The standard InChI is InChI=1S/C14H23N5OS2/c1-5-6-7-11-16-12(20-19-11)10(4)21-14-18-17-13(22-14)15-8-9(2)3/h9-10H,5-8H2,1-4H3,(H,15,17). The van der Waals surface area contributed by atoms with Gasteiger partial charge in [-0.25, -0.2) is 0 Å². The summed E-state index contributed by atoms with van der Waals surface area (Å²) in [4.78, 5) is 4.45. The molecule has 122 valence electrons. The topological polar surface area (TPSA) is 76.7 Å².